The van der Waals surface area contributed by atoms with Gasteiger partial charge in [-0.3, -0.25) is 4.90 Å². The Kier molecular flexibility index (Phi) is 4.62. The molecule has 1 aliphatic rings. The second-order valence-corrected chi connectivity index (χ2v) is 7.75. The topological polar surface area (TPSA) is 29.3 Å². The van der Waals surface area contributed by atoms with Gasteiger partial charge in [0.05, 0.1) is 12.7 Å². The fraction of sp³-hybridized carbons (Fsp3) is 0.800. The highest BCUT2D eigenvalue weighted by atomic mass is 32.2. The lowest BCUT2D eigenvalue weighted by Gasteiger charge is -2.22. The Morgan fingerprint density at radius 2 is 2.16 bits per heavy atom. The summed E-state index contributed by atoms with van der Waals surface area (Å²) in [6.45, 7) is 7.28. The summed E-state index contributed by atoms with van der Waals surface area (Å²) in [5, 5.41) is 0.835. The monoisotopic (exact) mass is 282 g/mol. The van der Waals surface area contributed by atoms with Gasteiger partial charge in [0.15, 0.2) is 0 Å². The van der Waals surface area contributed by atoms with Gasteiger partial charge >= 0.3 is 0 Å². The van der Waals surface area contributed by atoms with E-state index in [4.69, 9.17) is 4.42 Å². The van der Waals surface area contributed by atoms with Crippen LogP contribution in [0.5, 0.6) is 0 Å². The summed E-state index contributed by atoms with van der Waals surface area (Å²) in [6, 6.07) is 0.683. The molecular formula is C15H26N2OS. The molecule has 108 valence electrons. The first-order valence-corrected chi connectivity index (χ1v) is 8.37. The van der Waals surface area contributed by atoms with Gasteiger partial charge in [0, 0.05) is 16.7 Å². The molecule has 1 aromatic rings. The van der Waals surface area contributed by atoms with Crippen LogP contribution in [0, 0.1) is 0 Å². The van der Waals surface area contributed by atoms with Crippen LogP contribution in [0.25, 0.3) is 0 Å². The van der Waals surface area contributed by atoms with Gasteiger partial charge in [0.2, 0.25) is 5.89 Å². The van der Waals surface area contributed by atoms with Crippen LogP contribution in [0.4, 0.5) is 0 Å². The van der Waals surface area contributed by atoms with Gasteiger partial charge in [-0.05, 0) is 32.6 Å². The van der Waals surface area contributed by atoms with E-state index in [1.54, 1.807) is 0 Å². The van der Waals surface area contributed by atoms with E-state index in [-0.39, 0.29) is 5.41 Å². The Hall–Kier alpha value is -0.480. The molecule has 0 amide bonds. The number of oxazole rings is 1. The van der Waals surface area contributed by atoms with Crippen molar-refractivity contribution in [1.82, 2.24) is 9.88 Å². The average molecular weight is 282 g/mol. The number of aromatic nitrogens is 1. The van der Waals surface area contributed by atoms with Crippen LogP contribution in [0.3, 0.4) is 0 Å². The molecule has 1 heterocycles. The molecular weight excluding hydrogens is 256 g/mol. The highest BCUT2D eigenvalue weighted by Gasteiger charge is 2.28. The number of hydrogen-bond donors (Lipinski definition) is 0. The quantitative estimate of drug-likeness (QED) is 0.842. The van der Waals surface area contributed by atoms with Crippen molar-refractivity contribution < 1.29 is 4.42 Å². The van der Waals surface area contributed by atoms with Crippen molar-refractivity contribution >= 4 is 11.8 Å². The first-order valence-electron chi connectivity index (χ1n) is 7.08. The molecule has 0 radical (unpaired) electrons. The summed E-state index contributed by atoms with van der Waals surface area (Å²) in [5.41, 5.74) is 0.0428. The van der Waals surface area contributed by atoms with Gasteiger partial charge in [0.1, 0.15) is 5.76 Å². The molecule has 0 spiro atoms. The van der Waals surface area contributed by atoms with E-state index in [9.17, 15) is 0 Å². The Labute approximate surface area is 121 Å². The van der Waals surface area contributed by atoms with Gasteiger partial charge < -0.3 is 4.42 Å². The van der Waals surface area contributed by atoms with Crippen molar-refractivity contribution in [3.63, 3.8) is 0 Å². The standard InChI is InChI=1S/C15H26N2OS/c1-15(2,3)13-9-16-14(18-13)10-17(4)11-6-7-12(8-11)19-5/h9,11-12H,6-8,10H2,1-5H3/t11-,12+/m0/s1. The molecule has 1 saturated carbocycles. The number of hydrogen-bond acceptors (Lipinski definition) is 4. The third-order valence-electron chi connectivity index (χ3n) is 3.99. The van der Waals surface area contributed by atoms with Crippen molar-refractivity contribution in [2.75, 3.05) is 13.3 Å². The lowest BCUT2D eigenvalue weighted by molar-refractivity contribution is 0.211. The zero-order valence-corrected chi connectivity index (χ0v) is 13.6. The minimum absolute atomic E-state index is 0.0428. The maximum Gasteiger partial charge on any atom is 0.208 e. The minimum Gasteiger partial charge on any atom is -0.444 e. The molecule has 0 aliphatic heterocycles. The average Bonchev–Trinajstić information content (AvgIpc) is 2.95. The number of nitrogens with zero attached hydrogens (tertiary/aromatic N) is 2. The summed E-state index contributed by atoms with van der Waals surface area (Å²) < 4.78 is 5.87. The normalized spacial score (nSPS) is 24.3. The maximum absolute atomic E-state index is 5.87. The van der Waals surface area contributed by atoms with Crippen molar-refractivity contribution in [1.29, 1.82) is 0 Å². The lowest BCUT2D eigenvalue weighted by atomic mass is 9.94. The Balaban J connectivity index is 1.92. The largest absolute Gasteiger partial charge is 0.444 e. The molecule has 0 N–H and O–H groups in total. The molecule has 0 aromatic carbocycles. The van der Waals surface area contributed by atoms with Gasteiger partial charge in [-0.15, -0.1) is 0 Å². The summed E-state index contributed by atoms with van der Waals surface area (Å²) in [6.07, 6.45) is 8.04. The van der Waals surface area contributed by atoms with E-state index >= 15 is 0 Å². The molecule has 0 unspecified atom stereocenters. The molecule has 1 fully saturated rings. The number of thioether (sulfide) groups is 1. The van der Waals surface area contributed by atoms with Crippen LogP contribution in [0.2, 0.25) is 0 Å². The number of rotatable bonds is 4. The first-order chi connectivity index (χ1) is 8.90. The molecule has 2 rings (SSSR count). The zero-order valence-electron chi connectivity index (χ0n) is 12.8. The van der Waals surface area contributed by atoms with Gasteiger partial charge in [-0.2, -0.15) is 11.8 Å². The fourth-order valence-electron chi connectivity index (χ4n) is 2.60. The third-order valence-corrected chi connectivity index (χ3v) is 5.09. The zero-order chi connectivity index (χ0) is 14.0. The van der Waals surface area contributed by atoms with E-state index in [0.29, 0.717) is 6.04 Å². The molecule has 4 heteroatoms. The molecule has 3 nitrogen and oxygen atoms in total. The molecule has 0 bridgehead atoms. The van der Waals surface area contributed by atoms with Crippen molar-refractivity contribution in [2.45, 2.75) is 63.3 Å². The van der Waals surface area contributed by atoms with Gasteiger partial charge in [-0.25, -0.2) is 4.98 Å². The second kappa shape index (κ2) is 5.88. The summed E-state index contributed by atoms with van der Waals surface area (Å²) in [4.78, 5) is 6.82. The van der Waals surface area contributed by atoms with E-state index in [1.165, 1.54) is 19.3 Å². The van der Waals surface area contributed by atoms with E-state index in [0.717, 1.165) is 23.4 Å². The van der Waals surface area contributed by atoms with Crippen LogP contribution in [-0.2, 0) is 12.0 Å². The van der Waals surface area contributed by atoms with Crippen LogP contribution < -0.4 is 0 Å². The minimum atomic E-state index is 0.0428. The van der Waals surface area contributed by atoms with Gasteiger partial charge in [-0.1, -0.05) is 20.8 Å². The fourth-order valence-corrected chi connectivity index (χ4v) is 3.39. The highest BCUT2D eigenvalue weighted by Crippen LogP contribution is 2.31. The van der Waals surface area contributed by atoms with Crippen LogP contribution in [0.1, 0.15) is 51.7 Å². The molecule has 19 heavy (non-hydrogen) atoms. The van der Waals surface area contributed by atoms with Crippen molar-refractivity contribution in [3.05, 3.63) is 17.8 Å². The second-order valence-electron chi connectivity index (χ2n) is 6.61. The predicted molar refractivity (Wildman–Crippen MR) is 81.6 cm³/mol. The molecule has 0 saturated heterocycles. The third kappa shape index (κ3) is 3.76. The van der Waals surface area contributed by atoms with Crippen molar-refractivity contribution in [3.8, 4) is 0 Å². The van der Waals surface area contributed by atoms with E-state index in [1.807, 2.05) is 18.0 Å². The lowest BCUT2D eigenvalue weighted by Crippen LogP contribution is -2.29. The predicted octanol–water partition coefficient (Wildman–Crippen LogP) is 3.69. The highest BCUT2D eigenvalue weighted by molar-refractivity contribution is 7.99. The SMILES string of the molecule is CS[C@@H]1CC[C@H](N(C)Cc2ncc(C(C)(C)C)o2)C1. The molecule has 1 aromatic heterocycles. The molecule has 2 atom stereocenters. The van der Waals surface area contributed by atoms with Crippen LogP contribution in [-0.4, -0.2) is 34.5 Å². The van der Waals surface area contributed by atoms with Crippen LogP contribution in [0.15, 0.2) is 10.6 Å². The van der Waals surface area contributed by atoms with Crippen LogP contribution >= 0.6 is 11.8 Å². The Bertz CT molecular complexity index is 411. The Morgan fingerprint density at radius 3 is 2.68 bits per heavy atom. The maximum atomic E-state index is 5.87. The summed E-state index contributed by atoms with van der Waals surface area (Å²) >= 11 is 2.00. The van der Waals surface area contributed by atoms with Gasteiger partial charge in [0.25, 0.3) is 0 Å². The molecule has 1 aliphatic carbocycles. The first kappa shape index (κ1) is 14.9. The van der Waals surface area contributed by atoms with E-state index in [2.05, 4.69) is 44.0 Å². The summed E-state index contributed by atoms with van der Waals surface area (Å²) in [7, 11) is 2.19. The Morgan fingerprint density at radius 1 is 1.42 bits per heavy atom. The van der Waals surface area contributed by atoms with E-state index < -0.39 is 0 Å². The summed E-state index contributed by atoms with van der Waals surface area (Å²) in [5.74, 6) is 1.82. The smallest absolute Gasteiger partial charge is 0.208 e. The van der Waals surface area contributed by atoms with Crippen molar-refractivity contribution in [2.24, 2.45) is 0 Å².